The Labute approximate surface area is 149 Å². The summed E-state index contributed by atoms with van der Waals surface area (Å²) in [5.74, 6) is 1.35. The Hall–Kier alpha value is -2.50. The van der Waals surface area contributed by atoms with Crippen molar-refractivity contribution >= 4 is 5.91 Å². The molecule has 0 saturated heterocycles. The second kappa shape index (κ2) is 8.55. The van der Waals surface area contributed by atoms with Crippen LogP contribution in [0.15, 0.2) is 18.2 Å². The van der Waals surface area contributed by atoms with Crippen LogP contribution in [0.4, 0.5) is 0 Å². The highest BCUT2D eigenvalue weighted by molar-refractivity contribution is 5.78. The quantitative estimate of drug-likeness (QED) is 0.799. The summed E-state index contributed by atoms with van der Waals surface area (Å²) >= 11 is 0. The van der Waals surface area contributed by atoms with E-state index in [0.717, 1.165) is 22.5 Å². The van der Waals surface area contributed by atoms with E-state index in [1.807, 2.05) is 57.6 Å². The Morgan fingerprint density at radius 2 is 1.84 bits per heavy atom. The van der Waals surface area contributed by atoms with Crippen LogP contribution in [0.5, 0.6) is 11.5 Å². The molecular formula is C19H27N3O3. The number of aryl methyl sites for hydroxylation is 2. The fourth-order valence-corrected chi connectivity index (χ4v) is 2.71. The zero-order valence-electron chi connectivity index (χ0n) is 15.7. The van der Waals surface area contributed by atoms with Crippen LogP contribution < -0.4 is 14.8 Å². The molecule has 0 aliphatic rings. The predicted octanol–water partition coefficient (Wildman–Crippen LogP) is 2.69. The molecule has 0 fully saturated rings. The molecule has 6 heteroatoms. The summed E-state index contributed by atoms with van der Waals surface area (Å²) in [6.07, 6.45) is 0.296. The van der Waals surface area contributed by atoms with Crippen LogP contribution in [0.1, 0.15) is 36.4 Å². The van der Waals surface area contributed by atoms with Gasteiger partial charge in [-0.1, -0.05) is 6.07 Å². The number of benzene rings is 1. The van der Waals surface area contributed by atoms with Crippen molar-refractivity contribution in [3.05, 3.63) is 40.7 Å². The smallest absolute Gasteiger partial charge is 0.224 e. The van der Waals surface area contributed by atoms with E-state index in [1.165, 1.54) is 0 Å². The molecule has 1 aromatic heterocycles. The molecule has 0 bridgehead atoms. The monoisotopic (exact) mass is 345 g/mol. The molecule has 2 rings (SSSR count). The van der Waals surface area contributed by atoms with E-state index < -0.39 is 0 Å². The Kier molecular flexibility index (Phi) is 6.44. The van der Waals surface area contributed by atoms with Gasteiger partial charge in [0.25, 0.3) is 0 Å². The minimum absolute atomic E-state index is 0.0331. The molecule has 0 radical (unpaired) electrons. The lowest BCUT2D eigenvalue weighted by atomic mass is 10.1. The molecule has 2 aromatic rings. The lowest BCUT2D eigenvalue weighted by Crippen LogP contribution is -2.25. The Balaban J connectivity index is 2.01. The van der Waals surface area contributed by atoms with Crippen molar-refractivity contribution in [3.8, 4) is 11.5 Å². The van der Waals surface area contributed by atoms with Crippen LogP contribution in [-0.2, 0) is 24.8 Å². The van der Waals surface area contributed by atoms with Gasteiger partial charge in [0.05, 0.1) is 25.3 Å². The van der Waals surface area contributed by atoms with Crippen molar-refractivity contribution in [1.82, 2.24) is 15.1 Å². The molecule has 1 amide bonds. The fourth-order valence-electron chi connectivity index (χ4n) is 2.71. The maximum absolute atomic E-state index is 12.3. The first-order chi connectivity index (χ1) is 12.0. The number of ether oxygens (including phenoxy) is 2. The largest absolute Gasteiger partial charge is 0.490 e. The molecular weight excluding hydrogens is 318 g/mol. The van der Waals surface area contributed by atoms with Gasteiger partial charge in [-0.05, 0) is 45.4 Å². The average molecular weight is 345 g/mol. The van der Waals surface area contributed by atoms with E-state index >= 15 is 0 Å². The number of nitrogens with one attached hydrogen (secondary N) is 1. The maximum atomic E-state index is 12.3. The van der Waals surface area contributed by atoms with Crippen LogP contribution in [0, 0.1) is 13.8 Å². The number of amides is 1. The summed E-state index contributed by atoms with van der Waals surface area (Å²) in [4.78, 5) is 12.3. The molecule has 6 nitrogen and oxygen atoms in total. The number of aromatic nitrogens is 2. The highest BCUT2D eigenvalue weighted by atomic mass is 16.5. The van der Waals surface area contributed by atoms with Crippen molar-refractivity contribution in [2.75, 3.05) is 13.2 Å². The molecule has 0 spiro atoms. The van der Waals surface area contributed by atoms with E-state index in [2.05, 4.69) is 10.4 Å². The average Bonchev–Trinajstić information content (AvgIpc) is 2.81. The molecule has 136 valence electrons. The Morgan fingerprint density at radius 3 is 2.44 bits per heavy atom. The summed E-state index contributed by atoms with van der Waals surface area (Å²) in [7, 11) is 1.91. The van der Waals surface area contributed by atoms with Crippen molar-refractivity contribution < 1.29 is 14.3 Å². The summed E-state index contributed by atoms with van der Waals surface area (Å²) in [5.41, 5.74) is 3.97. The van der Waals surface area contributed by atoms with Crippen LogP contribution in [0.3, 0.4) is 0 Å². The van der Waals surface area contributed by atoms with Crippen molar-refractivity contribution in [1.29, 1.82) is 0 Å². The molecule has 1 N–H and O–H groups in total. The van der Waals surface area contributed by atoms with Crippen LogP contribution >= 0.6 is 0 Å². The number of hydrogen-bond acceptors (Lipinski definition) is 4. The highest BCUT2D eigenvalue weighted by Gasteiger charge is 2.12. The molecule has 0 unspecified atom stereocenters. The van der Waals surface area contributed by atoms with Crippen molar-refractivity contribution in [2.24, 2.45) is 7.05 Å². The van der Waals surface area contributed by atoms with Gasteiger partial charge in [0.15, 0.2) is 11.5 Å². The SMILES string of the molecule is CCOc1ccc(CC(=O)NCc2c(C)nn(C)c2C)cc1OCC. The first-order valence-corrected chi connectivity index (χ1v) is 8.60. The van der Waals surface area contributed by atoms with Crippen molar-refractivity contribution in [3.63, 3.8) is 0 Å². The third kappa shape index (κ3) is 4.75. The number of hydrogen-bond donors (Lipinski definition) is 1. The third-order valence-corrected chi connectivity index (χ3v) is 4.09. The standard InChI is InChI=1S/C19H27N3O3/c1-6-24-17-9-8-15(10-18(17)25-7-2)11-19(23)20-12-16-13(3)21-22(5)14(16)4/h8-10H,6-7,11-12H2,1-5H3,(H,20,23). The van der Waals surface area contributed by atoms with E-state index in [-0.39, 0.29) is 5.91 Å². The molecule has 25 heavy (non-hydrogen) atoms. The van der Waals surface area contributed by atoms with E-state index in [0.29, 0.717) is 37.7 Å². The van der Waals surface area contributed by atoms with Crippen LogP contribution in [0.25, 0.3) is 0 Å². The molecule has 0 saturated carbocycles. The molecule has 0 aliphatic heterocycles. The molecule has 1 heterocycles. The second-order valence-corrected chi connectivity index (χ2v) is 5.87. The van der Waals surface area contributed by atoms with E-state index in [1.54, 1.807) is 0 Å². The van der Waals surface area contributed by atoms with Gasteiger partial charge < -0.3 is 14.8 Å². The zero-order chi connectivity index (χ0) is 18.4. The van der Waals surface area contributed by atoms with E-state index in [4.69, 9.17) is 9.47 Å². The summed E-state index contributed by atoms with van der Waals surface area (Å²) in [6.45, 7) is 9.42. The van der Waals surface area contributed by atoms with Gasteiger partial charge in [-0.2, -0.15) is 5.10 Å². The number of carbonyl (C=O) groups is 1. The predicted molar refractivity (Wildman–Crippen MR) is 97.0 cm³/mol. The number of nitrogens with zero attached hydrogens (tertiary/aromatic N) is 2. The Morgan fingerprint density at radius 1 is 1.16 bits per heavy atom. The number of rotatable bonds is 8. The third-order valence-electron chi connectivity index (χ3n) is 4.09. The Bertz CT molecular complexity index is 738. The van der Waals surface area contributed by atoms with Gasteiger partial charge in [0.2, 0.25) is 5.91 Å². The first kappa shape index (κ1) is 18.8. The zero-order valence-corrected chi connectivity index (χ0v) is 15.7. The molecule has 1 aromatic carbocycles. The van der Waals surface area contributed by atoms with Gasteiger partial charge in [0, 0.05) is 24.8 Å². The minimum atomic E-state index is -0.0331. The van der Waals surface area contributed by atoms with Gasteiger partial charge >= 0.3 is 0 Å². The topological polar surface area (TPSA) is 65.4 Å². The van der Waals surface area contributed by atoms with Gasteiger partial charge in [-0.25, -0.2) is 0 Å². The second-order valence-electron chi connectivity index (χ2n) is 5.87. The minimum Gasteiger partial charge on any atom is -0.490 e. The lowest BCUT2D eigenvalue weighted by molar-refractivity contribution is -0.120. The fraction of sp³-hybridized carbons (Fsp3) is 0.474. The van der Waals surface area contributed by atoms with Crippen molar-refractivity contribution in [2.45, 2.75) is 40.7 Å². The van der Waals surface area contributed by atoms with Crippen LogP contribution in [0.2, 0.25) is 0 Å². The summed E-state index contributed by atoms with van der Waals surface area (Å²) < 4.78 is 13.0. The van der Waals surface area contributed by atoms with Gasteiger partial charge in [-0.3, -0.25) is 9.48 Å². The van der Waals surface area contributed by atoms with E-state index in [9.17, 15) is 4.79 Å². The van der Waals surface area contributed by atoms with Gasteiger partial charge in [0.1, 0.15) is 0 Å². The number of carbonyl (C=O) groups excluding carboxylic acids is 1. The van der Waals surface area contributed by atoms with Crippen LogP contribution in [-0.4, -0.2) is 28.9 Å². The highest BCUT2D eigenvalue weighted by Crippen LogP contribution is 2.28. The molecule has 0 aliphatic carbocycles. The maximum Gasteiger partial charge on any atom is 0.224 e. The normalized spacial score (nSPS) is 10.6. The first-order valence-electron chi connectivity index (χ1n) is 8.60. The summed E-state index contributed by atoms with van der Waals surface area (Å²) in [6, 6.07) is 5.62. The summed E-state index contributed by atoms with van der Waals surface area (Å²) in [5, 5.41) is 7.34. The van der Waals surface area contributed by atoms with Gasteiger partial charge in [-0.15, -0.1) is 0 Å². The lowest BCUT2D eigenvalue weighted by Gasteiger charge is -2.12. The molecule has 0 atom stereocenters.